The lowest BCUT2D eigenvalue weighted by Crippen LogP contribution is -2.49. The first-order valence-electron chi connectivity index (χ1n) is 11.6. The molecule has 32 heavy (non-hydrogen) atoms. The SMILES string of the molecule is CCc1cc(C)ccc1N1CCN(C(=O)c2ccc(N3C(=O)OCC3C(C)C)cc2)CC1. The normalized spacial score (nSPS) is 19.0. The lowest BCUT2D eigenvalue weighted by molar-refractivity contribution is 0.0746. The molecule has 0 aliphatic carbocycles. The van der Waals surface area contributed by atoms with E-state index in [1.54, 1.807) is 4.90 Å². The van der Waals surface area contributed by atoms with Crippen molar-refractivity contribution >= 4 is 23.4 Å². The van der Waals surface area contributed by atoms with E-state index in [1.165, 1.54) is 16.8 Å². The van der Waals surface area contributed by atoms with E-state index in [-0.39, 0.29) is 18.0 Å². The molecule has 2 fully saturated rings. The van der Waals surface area contributed by atoms with Crippen molar-refractivity contribution in [2.45, 2.75) is 40.2 Å². The molecule has 0 saturated carbocycles. The van der Waals surface area contributed by atoms with Gasteiger partial charge in [0.05, 0.1) is 6.04 Å². The minimum absolute atomic E-state index is 0.0203. The third-order valence-corrected chi connectivity index (χ3v) is 6.59. The zero-order valence-corrected chi connectivity index (χ0v) is 19.5. The molecule has 0 aromatic heterocycles. The van der Waals surface area contributed by atoms with Crippen molar-refractivity contribution in [1.29, 1.82) is 0 Å². The Bertz CT molecular complexity index is 978. The van der Waals surface area contributed by atoms with Crippen LogP contribution in [0.25, 0.3) is 0 Å². The van der Waals surface area contributed by atoms with Crippen LogP contribution >= 0.6 is 0 Å². The van der Waals surface area contributed by atoms with Crippen LogP contribution in [0.5, 0.6) is 0 Å². The zero-order chi connectivity index (χ0) is 22.8. The maximum atomic E-state index is 13.1. The van der Waals surface area contributed by atoms with Gasteiger partial charge in [0.2, 0.25) is 0 Å². The second-order valence-corrected chi connectivity index (χ2v) is 9.07. The topological polar surface area (TPSA) is 53.1 Å². The summed E-state index contributed by atoms with van der Waals surface area (Å²) in [5.74, 6) is 0.334. The highest BCUT2D eigenvalue weighted by Crippen LogP contribution is 2.28. The number of rotatable bonds is 5. The van der Waals surface area contributed by atoms with Gasteiger partial charge < -0.3 is 14.5 Å². The summed E-state index contributed by atoms with van der Waals surface area (Å²) in [4.78, 5) is 31.3. The highest BCUT2D eigenvalue weighted by Gasteiger charge is 2.36. The molecule has 2 amide bonds. The van der Waals surface area contributed by atoms with Crippen LogP contribution in [0.2, 0.25) is 0 Å². The van der Waals surface area contributed by atoms with E-state index in [0.29, 0.717) is 31.2 Å². The Morgan fingerprint density at radius 1 is 1.06 bits per heavy atom. The number of aryl methyl sites for hydroxylation is 2. The summed E-state index contributed by atoms with van der Waals surface area (Å²) < 4.78 is 5.24. The molecule has 0 spiro atoms. The Kier molecular flexibility index (Phi) is 6.40. The van der Waals surface area contributed by atoms with Gasteiger partial charge in [0, 0.05) is 43.1 Å². The van der Waals surface area contributed by atoms with Crippen molar-refractivity contribution in [2.24, 2.45) is 5.92 Å². The Morgan fingerprint density at radius 3 is 2.38 bits per heavy atom. The third kappa shape index (κ3) is 4.31. The molecular formula is C26H33N3O3. The Balaban J connectivity index is 1.41. The van der Waals surface area contributed by atoms with Crippen molar-refractivity contribution in [3.8, 4) is 0 Å². The predicted octanol–water partition coefficient (Wildman–Crippen LogP) is 4.50. The van der Waals surface area contributed by atoms with E-state index in [1.807, 2.05) is 29.2 Å². The number of hydrogen-bond acceptors (Lipinski definition) is 4. The fourth-order valence-corrected chi connectivity index (χ4v) is 4.63. The van der Waals surface area contributed by atoms with E-state index in [4.69, 9.17) is 4.74 Å². The predicted molar refractivity (Wildman–Crippen MR) is 128 cm³/mol. The molecule has 1 atom stereocenters. The van der Waals surface area contributed by atoms with Crippen LogP contribution in [0.1, 0.15) is 42.3 Å². The van der Waals surface area contributed by atoms with Crippen LogP contribution in [-0.2, 0) is 11.2 Å². The first-order chi connectivity index (χ1) is 15.4. The summed E-state index contributed by atoms with van der Waals surface area (Å²) >= 11 is 0. The van der Waals surface area contributed by atoms with Gasteiger partial charge in [-0.25, -0.2) is 4.79 Å². The van der Waals surface area contributed by atoms with Crippen molar-refractivity contribution in [3.05, 3.63) is 59.2 Å². The summed E-state index contributed by atoms with van der Waals surface area (Å²) in [5, 5.41) is 0. The van der Waals surface area contributed by atoms with Crippen LogP contribution in [0, 0.1) is 12.8 Å². The largest absolute Gasteiger partial charge is 0.447 e. The molecule has 2 aromatic carbocycles. The number of amides is 2. The molecule has 2 saturated heterocycles. The zero-order valence-electron chi connectivity index (χ0n) is 19.5. The third-order valence-electron chi connectivity index (χ3n) is 6.59. The maximum Gasteiger partial charge on any atom is 0.414 e. The average Bonchev–Trinajstić information content (AvgIpc) is 3.20. The molecule has 0 radical (unpaired) electrons. The lowest BCUT2D eigenvalue weighted by atomic mass is 10.0. The van der Waals surface area contributed by atoms with E-state index in [0.717, 1.165) is 25.2 Å². The molecule has 2 aromatic rings. The summed E-state index contributed by atoms with van der Waals surface area (Å²) in [6, 6.07) is 14.0. The van der Waals surface area contributed by atoms with Crippen LogP contribution in [0.4, 0.5) is 16.2 Å². The number of ether oxygens (including phenoxy) is 1. The number of carbonyl (C=O) groups excluding carboxylic acids is 2. The van der Waals surface area contributed by atoms with Crippen LogP contribution in [0.3, 0.4) is 0 Å². The molecular weight excluding hydrogens is 402 g/mol. The fraction of sp³-hybridized carbons (Fsp3) is 0.462. The number of carbonyl (C=O) groups is 2. The lowest BCUT2D eigenvalue weighted by Gasteiger charge is -2.37. The summed E-state index contributed by atoms with van der Waals surface area (Å²) in [6.45, 7) is 11.9. The van der Waals surface area contributed by atoms with Crippen molar-refractivity contribution in [3.63, 3.8) is 0 Å². The van der Waals surface area contributed by atoms with Gasteiger partial charge >= 0.3 is 6.09 Å². The summed E-state index contributed by atoms with van der Waals surface area (Å²) in [6.07, 6.45) is 0.687. The summed E-state index contributed by atoms with van der Waals surface area (Å²) in [5.41, 5.74) is 5.36. The molecule has 0 bridgehead atoms. The smallest absolute Gasteiger partial charge is 0.414 e. The molecule has 2 heterocycles. The molecule has 2 aliphatic heterocycles. The van der Waals surface area contributed by atoms with Crippen molar-refractivity contribution in [2.75, 3.05) is 42.6 Å². The first kappa shape index (κ1) is 22.2. The van der Waals surface area contributed by atoms with Gasteiger partial charge in [0.25, 0.3) is 5.91 Å². The van der Waals surface area contributed by atoms with Crippen molar-refractivity contribution < 1.29 is 14.3 Å². The van der Waals surface area contributed by atoms with E-state index in [9.17, 15) is 9.59 Å². The first-order valence-corrected chi connectivity index (χ1v) is 11.6. The molecule has 2 aliphatic rings. The second kappa shape index (κ2) is 9.23. The number of piperazine rings is 1. The number of nitrogens with zero attached hydrogens (tertiary/aromatic N) is 3. The quantitative estimate of drug-likeness (QED) is 0.694. The molecule has 6 heteroatoms. The standard InChI is InChI=1S/C26H33N3O3/c1-5-20-16-19(4)6-11-23(20)27-12-14-28(15-13-27)25(30)21-7-9-22(10-8-21)29-24(18(2)3)17-32-26(29)31/h6-11,16,18,24H,5,12-15,17H2,1-4H3. The maximum absolute atomic E-state index is 13.1. The Morgan fingerprint density at radius 2 is 1.75 bits per heavy atom. The van der Waals surface area contributed by atoms with Crippen molar-refractivity contribution in [1.82, 2.24) is 4.90 Å². The number of benzene rings is 2. The monoisotopic (exact) mass is 435 g/mol. The fourth-order valence-electron chi connectivity index (χ4n) is 4.63. The van der Waals surface area contributed by atoms with Crippen LogP contribution < -0.4 is 9.80 Å². The van der Waals surface area contributed by atoms with Gasteiger partial charge in [0.15, 0.2) is 0 Å². The van der Waals surface area contributed by atoms with Gasteiger partial charge in [-0.05, 0) is 55.2 Å². The van der Waals surface area contributed by atoms with Crippen LogP contribution in [0.15, 0.2) is 42.5 Å². The molecule has 4 rings (SSSR count). The highest BCUT2D eigenvalue weighted by atomic mass is 16.6. The molecule has 1 unspecified atom stereocenters. The number of hydrogen-bond donors (Lipinski definition) is 0. The number of cyclic esters (lactones) is 1. The highest BCUT2D eigenvalue weighted by molar-refractivity contribution is 5.96. The van der Waals surface area contributed by atoms with E-state index < -0.39 is 0 Å². The van der Waals surface area contributed by atoms with Gasteiger partial charge in [-0.3, -0.25) is 9.69 Å². The van der Waals surface area contributed by atoms with Gasteiger partial charge in [-0.2, -0.15) is 0 Å². The molecule has 6 nitrogen and oxygen atoms in total. The van der Waals surface area contributed by atoms with Gasteiger partial charge in [-0.15, -0.1) is 0 Å². The van der Waals surface area contributed by atoms with Gasteiger partial charge in [0.1, 0.15) is 6.61 Å². The molecule has 170 valence electrons. The van der Waals surface area contributed by atoms with E-state index >= 15 is 0 Å². The Labute approximate surface area is 190 Å². The number of anilines is 2. The van der Waals surface area contributed by atoms with E-state index in [2.05, 4.69) is 50.8 Å². The minimum Gasteiger partial charge on any atom is -0.447 e. The average molecular weight is 436 g/mol. The van der Waals surface area contributed by atoms with Gasteiger partial charge in [-0.1, -0.05) is 38.5 Å². The Hall–Kier alpha value is -3.02. The minimum atomic E-state index is -0.318. The second-order valence-electron chi connectivity index (χ2n) is 9.07. The summed E-state index contributed by atoms with van der Waals surface area (Å²) in [7, 11) is 0. The van der Waals surface area contributed by atoms with Crippen LogP contribution in [-0.4, -0.2) is 55.7 Å². The molecule has 0 N–H and O–H groups in total.